The van der Waals surface area contributed by atoms with Crippen molar-refractivity contribution < 1.29 is 18.7 Å². The highest BCUT2D eigenvalue weighted by molar-refractivity contribution is 5.94. The van der Waals surface area contributed by atoms with Crippen molar-refractivity contribution >= 4 is 12.0 Å². The van der Waals surface area contributed by atoms with E-state index in [1.165, 1.54) is 6.26 Å². The van der Waals surface area contributed by atoms with Gasteiger partial charge in [-0.3, -0.25) is 4.79 Å². The van der Waals surface area contributed by atoms with E-state index in [-0.39, 0.29) is 12.0 Å². The van der Waals surface area contributed by atoms with Crippen molar-refractivity contribution in [3.63, 3.8) is 0 Å². The molecule has 2 amide bonds. The van der Waals surface area contributed by atoms with Gasteiger partial charge < -0.3 is 19.4 Å². The maximum atomic E-state index is 12.2. The van der Waals surface area contributed by atoms with Crippen LogP contribution in [0.15, 0.2) is 16.7 Å². The number of nitrogens with zero attached hydrogens (tertiary/aromatic N) is 1. The number of carbonyl (C=O) groups excluding carboxylic acids is 2. The van der Waals surface area contributed by atoms with Crippen molar-refractivity contribution in [1.29, 1.82) is 0 Å². The summed E-state index contributed by atoms with van der Waals surface area (Å²) in [5.41, 5.74) is 0.106. The molecule has 0 spiro atoms. The van der Waals surface area contributed by atoms with Crippen LogP contribution in [-0.2, 0) is 4.74 Å². The first-order valence-corrected chi connectivity index (χ1v) is 8.56. The zero-order valence-electron chi connectivity index (χ0n) is 15.1. The lowest BCUT2D eigenvalue weighted by Crippen LogP contribution is -2.43. The second-order valence-electron chi connectivity index (χ2n) is 7.37. The fraction of sp³-hybridized carbons (Fsp3) is 0.667. The third-order valence-corrected chi connectivity index (χ3v) is 4.11. The van der Waals surface area contributed by atoms with Crippen LogP contribution in [0.5, 0.6) is 0 Å². The van der Waals surface area contributed by atoms with Crippen molar-refractivity contribution in [2.75, 3.05) is 19.6 Å². The molecule has 0 radical (unpaired) electrons. The second kappa shape index (κ2) is 7.73. The Bertz CT molecular complexity index is 574. The molecule has 0 saturated carbocycles. The summed E-state index contributed by atoms with van der Waals surface area (Å²) in [5.74, 6) is 0.902. The molecule has 0 aliphatic carbocycles. The zero-order valence-corrected chi connectivity index (χ0v) is 15.1. The summed E-state index contributed by atoms with van der Waals surface area (Å²) in [7, 11) is 0. The molecule has 0 bridgehead atoms. The quantitative estimate of drug-likeness (QED) is 0.915. The topological polar surface area (TPSA) is 71.8 Å². The fourth-order valence-electron chi connectivity index (χ4n) is 2.90. The molecule has 1 aliphatic heterocycles. The van der Waals surface area contributed by atoms with Gasteiger partial charge in [0.15, 0.2) is 0 Å². The Morgan fingerprint density at radius 1 is 1.42 bits per heavy atom. The molecule has 1 fully saturated rings. The minimum atomic E-state index is -0.472. The molecular weight excluding hydrogens is 308 g/mol. The van der Waals surface area contributed by atoms with Gasteiger partial charge in [0.1, 0.15) is 11.4 Å². The van der Waals surface area contributed by atoms with Gasteiger partial charge in [-0.15, -0.1) is 0 Å². The molecular formula is C18H28N2O4. The van der Waals surface area contributed by atoms with E-state index in [9.17, 15) is 9.59 Å². The maximum Gasteiger partial charge on any atom is 0.410 e. The molecule has 1 N–H and O–H groups in total. The summed E-state index contributed by atoms with van der Waals surface area (Å²) in [6.45, 7) is 9.42. The van der Waals surface area contributed by atoms with Crippen LogP contribution in [0, 0.1) is 12.8 Å². The average molecular weight is 336 g/mol. The molecule has 1 aromatic heterocycles. The Kier molecular flexibility index (Phi) is 5.91. The van der Waals surface area contributed by atoms with E-state index in [1.807, 2.05) is 20.8 Å². The summed E-state index contributed by atoms with van der Waals surface area (Å²) >= 11 is 0. The highest BCUT2D eigenvalue weighted by Crippen LogP contribution is 2.21. The monoisotopic (exact) mass is 336 g/mol. The normalized spacial score (nSPS) is 18.3. The van der Waals surface area contributed by atoms with Gasteiger partial charge in [-0.05, 0) is 58.9 Å². The number of carbonyl (C=O) groups is 2. The van der Waals surface area contributed by atoms with Crippen LogP contribution in [0.1, 0.15) is 56.2 Å². The molecule has 6 nitrogen and oxygen atoms in total. The van der Waals surface area contributed by atoms with Crippen LogP contribution >= 0.6 is 0 Å². The Morgan fingerprint density at radius 3 is 2.79 bits per heavy atom. The van der Waals surface area contributed by atoms with Crippen molar-refractivity contribution in [1.82, 2.24) is 10.2 Å². The summed E-state index contributed by atoms with van der Waals surface area (Å²) in [4.78, 5) is 26.0. The smallest absolute Gasteiger partial charge is 0.410 e. The molecule has 0 aromatic carbocycles. The van der Waals surface area contributed by atoms with Gasteiger partial charge in [-0.1, -0.05) is 0 Å². The predicted octanol–water partition coefficient (Wildman–Crippen LogP) is 3.36. The Balaban J connectivity index is 1.76. The van der Waals surface area contributed by atoms with Gasteiger partial charge in [-0.25, -0.2) is 4.79 Å². The van der Waals surface area contributed by atoms with Crippen molar-refractivity contribution in [2.45, 2.75) is 52.6 Å². The van der Waals surface area contributed by atoms with Crippen molar-refractivity contribution in [3.05, 3.63) is 23.7 Å². The average Bonchev–Trinajstić information content (AvgIpc) is 2.92. The first-order valence-electron chi connectivity index (χ1n) is 8.56. The highest BCUT2D eigenvalue weighted by Gasteiger charge is 2.27. The van der Waals surface area contributed by atoms with Gasteiger partial charge >= 0.3 is 6.09 Å². The molecule has 0 unspecified atom stereocenters. The van der Waals surface area contributed by atoms with Crippen molar-refractivity contribution in [2.24, 2.45) is 5.92 Å². The molecule has 1 aromatic rings. The first-order chi connectivity index (χ1) is 11.3. The third kappa shape index (κ3) is 5.28. The molecule has 1 aliphatic rings. The van der Waals surface area contributed by atoms with E-state index < -0.39 is 5.60 Å². The van der Waals surface area contributed by atoms with Gasteiger partial charge in [0.25, 0.3) is 5.91 Å². The Morgan fingerprint density at radius 2 is 2.17 bits per heavy atom. The van der Waals surface area contributed by atoms with E-state index in [4.69, 9.17) is 9.15 Å². The molecule has 1 saturated heterocycles. The minimum Gasteiger partial charge on any atom is -0.469 e. The number of piperidine rings is 1. The first kappa shape index (κ1) is 18.4. The summed E-state index contributed by atoms with van der Waals surface area (Å²) in [5, 5.41) is 2.92. The van der Waals surface area contributed by atoms with E-state index in [2.05, 4.69) is 5.32 Å². The number of amides is 2. The van der Waals surface area contributed by atoms with Gasteiger partial charge in [-0.2, -0.15) is 0 Å². The van der Waals surface area contributed by atoms with Crippen LogP contribution < -0.4 is 5.32 Å². The van der Waals surface area contributed by atoms with Crippen molar-refractivity contribution in [3.8, 4) is 0 Å². The van der Waals surface area contributed by atoms with Crippen LogP contribution in [-0.4, -0.2) is 42.1 Å². The SMILES string of the molecule is Cc1occc1C(=O)NCC[C@@H]1CCCN(C(=O)OC(C)(C)C)C1. The second-order valence-corrected chi connectivity index (χ2v) is 7.37. The van der Waals surface area contributed by atoms with Crippen LogP contribution in [0.3, 0.4) is 0 Å². The van der Waals surface area contributed by atoms with Gasteiger partial charge in [0, 0.05) is 19.6 Å². The number of nitrogens with one attached hydrogen (secondary N) is 1. The number of rotatable bonds is 4. The molecule has 1 atom stereocenters. The summed E-state index contributed by atoms with van der Waals surface area (Å²) in [6.07, 6.45) is 4.16. The van der Waals surface area contributed by atoms with E-state index in [0.29, 0.717) is 30.3 Å². The summed E-state index contributed by atoms with van der Waals surface area (Å²) < 4.78 is 10.6. The van der Waals surface area contributed by atoms with Gasteiger partial charge in [0.2, 0.25) is 0 Å². The molecule has 2 heterocycles. The molecule has 134 valence electrons. The van der Waals surface area contributed by atoms with Crippen LogP contribution in [0.25, 0.3) is 0 Å². The number of furan rings is 1. The Hall–Kier alpha value is -1.98. The highest BCUT2D eigenvalue weighted by atomic mass is 16.6. The number of ether oxygens (including phenoxy) is 1. The van der Waals surface area contributed by atoms with E-state index in [1.54, 1.807) is 17.9 Å². The largest absolute Gasteiger partial charge is 0.469 e. The minimum absolute atomic E-state index is 0.110. The molecule has 6 heteroatoms. The number of hydrogen-bond donors (Lipinski definition) is 1. The number of aryl methyl sites for hydroxylation is 1. The lowest BCUT2D eigenvalue weighted by atomic mass is 9.95. The van der Waals surface area contributed by atoms with Crippen LogP contribution in [0.2, 0.25) is 0 Å². The zero-order chi connectivity index (χ0) is 17.7. The Labute approximate surface area is 143 Å². The number of hydrogen-bond acceptors (Lipinski definition) is 4. The maximum absolute atomic E-state index is 12.2. The van der Waals surface area contributed by atoms with Crippen LogP contribution in [0.4, 0.5) is 4.79 Å². The standard InChI is InChI=1S/C18H28N2O4/c1-13-15(8-11-23-13)16(21)19-9-7-14-6-5-10-20(12-14)17(22)24-18(2,3)4/h8,11,14H,5-7,9-10,12H2,1-4H3,(H,19,21)/t14-/m0/s1. The van der Waals surface area contributed by atoms with E-state index >= 15 is 0 Å². The predicted molar refractivity (Wildman–Crippen MR) is 90.9 cm³/mol. The van der Waals surface area contributed by atoms with E-state index in [0.717, 1.165) is 25.8 Å². The lowest BCUT2D eigenvalue weighted by Gasteiger charge is -2.34. The van der Waals surface area contributed by atoms with Gasteiger partial charge in [0.05, 0.1) is 11.8 Å². The molecule has 2 rings (SSSR count). The fourth-order valence-corrected chi connectivity index (χ4v) is 2.90. The third-order valence-electron chi connectivity index (χ3n) is 4.11. The molecule has 24 heavy (non-hydrogen) atoms. The number of likely N-dealkylation sites (tertiary alicyclic amines) is 1. The summed E-state index contributed by atoms with van der Waals surface area (Å²) in [6, 6.07) is 1.68. The lowest BCUT2D eigenvalue weighted by molar-refractivity contribution is 0.0161.